The summed E-state index contributed by atoms with van der Waals surface area (Å²) >= 11 is 0. The van der Waals surface area contributed by atoms with E-state index >= 15 is 0 Å². The second kappa shape index (κ2) is 10.8. The maximum absolute atomic E-state index is 13.8. The van der Waals surface area contributed by atoms with Crippen molar-refractivity contribution in [2.45, 2.75) is 50.9 Å². The topological polar surface area (TPSA) is 77.5 Å². The zero-order chi connectivity index (χ0) is 24.3. The molecule has 0 radical (unpaired) electrons. The van der Waals surface area contributed by atoms with E-state index < -0.39 is 5.41 Å². The van der Waals surface area contributed by atoms with Crippen LogP contribution < -0.4 is 0 Å². The SMILES string of the molecule is CO[C@@H]1COCC[C@@H]1C[C@@H]1C[C@H]2OCC[C@@]2(C(=O)N2CCN(C(=O)OCc3ccccc3)CC2)C1. The summed E-state index contributed by atoms with van der Waals surface area (Å²) in [5.41, 5.74) is 0.559. The van der Waals surface area contributed by atoms with Crippen molar-refractivity contribution in [3.63, 3.8) is 0 Å². The summed E-state index contributed by atoms with van der Waals surface area (Å²) in [6, 6.07) is 9.68. The van der Waals surface area contributed by atoms with Crippen molar-refractivity contribution in [1.82, 2.24) is 9.80 Å². The van der Waals surface area contributed by atoms with Crippen molar-refractivity contribution in [2.75, 3.05) is 53.1 Å². The molecule has 1 aromatic carbocycles. The van der Waals surface area contributed by atoms with Gasteiger partial charge in [-0.2, -0.15) is 0 Å². The average molecular weight is 487 g/mol. The standard InChI is InChI=1S/C27H38N2O6/c1-32-23-19-33-13-7-22(23)15-21-16-24-27(17-21,8-14-34-24)25(30)28-9-11-29(12-10-28)26(31)35-18-20-5-3-2-4-6-20/h2-6,21-24H,7-19H2,1H3/t21-,22-,23-,24-,27-/m1/s1. The van der Waals surface area contributed by atoms with Crippen LogP contribution in [0.3, 0.4) is 0 Å². The molecule has 2 amide bonds. The molecular formula is C27H38N2O6. The number of hydrogen-bond acceptors (Lipinski definition) is 6. The molecule has 3 heterocycles. The van der Waals surface area contributed by atoms with Crippen molar-refractivity contribution < 1.29 is 28.5 Å². The van der Waals surface area contributed by atoms with Gasteiger partial charge in [0.1, 0.15) is 6.61 Å². The summed E-state index contributed by atoms with van der Waals surface area (Å²) in [7, 11) is 1.76. The molecule has 0 aromatic heterocycles. The highest BCUT2D eigenvalue weighted by Gasteiger charge is 2.57. The van der Waals surface area contributed by atoms with Gasteiger partial charge in [0.2, 0.25) is 5.91 Å². The van der Waals surface area contributed by atoms with E-state index in [-0.39, 0.29) is 30.8 Å². The Morgan fingerprint density at radius 1 is 1.09 bits per heavy atom. The van der Waals surface area contributed by atoms with Crippen molar-refractivity contribution >= 4 is 12.0 Å². The van der Waals surface area contributed by atoms with E-state index in [2.05, 4.69) is 0 Å². The molecule has 8 nitrogen and oxygen atoms in total. The molecule has 5 atom stereocenters. The third-order valence-corrected chi connectivity index (χ3v) is 8.52. The highest BCUT2D eigenvalue weighted by molar-refractivity contribution is 5.84. The quantitative estimate of drug-likeness (QED) is 0.615. The van der Waals surface area contributed by atoms with Gasteiger partial charge in [0, 0.05) is 46.5 Å². The van der Waals surface area contributed by atoms with Crippen molar-refractivity contribution in [1.29, 1.82) is 0 Å². The fourth-order valence-corrected chi connectivity index (χ4v) is 6.58. The van der Waals surface area contributed by atoms with E-state index in [1.54, 1.807) is 12.0 Å². The minimum atomic E-state index is -0.408. The summed E-state index contributed by atoms with van der Waals surface area (Å²) < 4.78 is 22.9. The molecule has 8 heteroatoms. The maximum Gasteiger partial charge on any atom is 0.410 e. The van der Waals surface area contributed by atoms with Gasteiger partial charge in [0.05, 0.1) is 24.2 Å². The number of carbonyl (C=O) groups is 2. The van der Waals surface area contributed by atoms with Gasteiger partial charge >= 0.3 is 6.09 Å². The fraction of sp³-hybridized carbons (Fsp3) is 0.704. The van der Waals surface area contributed by atoms with Gasteiger partial charge in [-0.3, -0.25) is 4.79 Å². The number of piperazine rings is 1. The van der Waals surface area contributed by atoms with E-state index in [4.69, 9.17) is 18.9 Å². The first-order valence-electron chi connectivity index (χ1n) is 13.1. The largest absolute Gasteiger partial charge is 0.445 e. The zero-order valence-electron chi connectivity index (χ0n) is 20.7. The van der Waals surface area contributed by atoms with Gasteiger partial charge in [-0.25, -0.2) is 4.79 Å². The van der Waals surface area contributed by atoms with E-state index in [9.17, 15) is 9.59 Å². The molecule has 1 saturated carbocycles. The molecule has 4 fully saturated rings. The third kappa shape index (κ3) is 5.20. The molecule has 3 aliphatic heterocycles. The van der Waals surface area contributed by atoms with Gasteiger partial charge in [-0.1, -0.05) is 30.3 Å². The van der Waals surface area contributed by atoms with Crippen LogP contribution in [0, 0.1) is 17.3 Å². The zero-order valence-corrected chi connectivity index (χ0v) is 20.7. The Balaban J connectivity index is 1.14. The molecule has 1 aromatic rings. The number of hydrogen-bond donors (Lipinski definition) is 0. The first-order valence-corrected chi connectivity index (χ1v) is 13.1. The number of ether oxygens (including phenoxy) is 4. The predicted octanol–water partition coefficient (Wildman–Crippen LogP) is 3.09. The lowest BCUT2D eigenvalue weighted by Gasteiger charge is -2.39. The van der Waals surface area contributed by atoms with Crippen LogP contribution in [0.5, 0.6) is 0 Å². The molecule has 5 rings (SSSR count). The second-order valence-electron chi connectivity index (χ2n) is 10.5. The first-order chi connectivity index (χ1) is 17.1. The van der Waals surface area contributed by atoms with E-state index in [1.807, 2.05) is 35.2 Å². The number of benzene rings is 1. The van der Waals surface area contributed by atoms with Crippen LogP contribution in [0.15, 0.2) is 30.3 Å². The number of rotatable bonds is 6. The average Bonchev–Trinajstić information content (AvgIpc) is 3.46. The summed E-state index contributed by atoms with van der Waals surface area (Å²) in [5, 5.41) is 0. The summed E-state index contributed by atoms with van der Waals surface area (Å²) in [6.45, 7) is 4.47. The summed E-state index contributed by atoms with van der Waals surface area (Å²) in [6.07, 6.45) is 4.57. The van der Waals surface area contributed by atoms with Crippen LogP contribution >= 0.6 is 0 Å². The molecule has 4 aliphatic rings. The summed E-state index contributed by atoms with van der Waals surface area (Å²) in [4.78, 5) is 30.0. The van der Waals surface area contributed by atoms with E-state index in [0.29, 0.717) is 51.2 Å². The molecule has 0 unspecified atom stereocenters. The second-order valence-corrected chi connectivity index (χ2v) is 10.5. The minimum Gasteiger partial charge on any atom is -0.445 e. The number of carbonyl (C=O) groups excluding carboxylic acids is 2. The highest BCUT2D eigenvalue weighted by Crippen LogP contribution is 2.53. The molecule has 35 heavy (non-hydrogen) atoms. The highest BCUT2D eigenvalue weighted by atomic mass is 16.6. The van der Waals surface area contributed by atoms with Gasteiger partial charge < -0.3 is 28.7 Å². The van der Waals surface area contributed by atoms with Crippen LogP contribution in [-0.4, -0.2) is 87.1 Å². The molecule has 0 bridgehead atoms. The number of fused-ring (bicyclic) bond motifs is 1. The van der Waals surface area contributed by atoms with Crippen LogP contribution in [0.25, 0.3) is 0 Å². The van der Waals surface area contributed by atoms with Crippen molar-refractivity contribution in [2.24, 2.45) is 17.3 Å². The van der Waals surface area contributed by atoms with Gasteiger partial charge in [-0.15, -0.1) is 0 Å². The van der Waals surface area contributed by atoms with Gasteiger partial charge in [0.15, 0.2) is 0 Å². The van der Waals surface area contributed by atoms with Gasteiger partial charge in [0.25, 0.3) is 0 Å². The van der Waals surface area contributed by atoms with Crippen LogP contribution in [-0.2, 0) is 30.3 Å². The molecule has 0 N–H and O–H groups in total. The number of methoxy groups -OCH3 is 1. The van der Waals surface area contributed by atoms with Crippen molar-refractivity contribution in [3.8, 4) is 0 Å². The molecular weight excluding hydrogens is 448 g/mol. The van der Waals surface area contributed by atoms with Crippen LogP contribution in [0.4, 0.5) is 4.79 Å². The Morgan fingerprint density at radius 3 is 2.63 bits per heavy atom. The van der Waals surface area contributed by atoms with E-state index in [1.165, 1.54) is 0 Å². The number of nitrogens with zero attached hydrogens (tertiary/aromatic N) is 2. The minimum absolute atomic E-state index is 0.00898. The van der Waals surface area contributed by atoms with Crippen LogP contribution in [0.1, 0.15) is 37.7 Å². The van der Waals surface area contributed by atoms with Crippen LogP contribution in [0.2, 0.25) is 0 Å². The third-order valence-electron chi connectivity index (χ3n) is 8.52. The monoisotopic (exact) mass is 486 g/mol. The fourth-order valence-electron chi connectivity index (χ4n) is 6.58. The first kappa shape index (κ1) is 24.5. The Morgan fingerprint density at radius 2 is 1.86 bits per heavy atom. The Kier molecular flexibility index (Phi) is 7.60. The van der Waals surface area contributed by atoms with Crippen molar-refractivity contribution in [3.05, 3.63) is 35.9 Å². The summed E-state index contributed by atoms with van der Waals surface area (Å²) in [5.74, 6) is 1.17. The van der Waals surface area contributed by atoms with Gasteiger partial charge in [-0.05, 0) is 49.5 Å². The smallest absolute Gasteiger partial charge is 0.410 e. The lowest BCUT2D eigenvalue weighted by Crippen LogP contribution is -2.55. The Hall–Kier alpha value is -2.16. The Bertz CT molecular complexity index is 874. The molecule has 0 spiro atoms. The normalized spacial score (nSPS) is 32.9. The Labute approximate surface area is 207 Å². The number of amides is 2. The molecule has 3 saturated heterocycles. The molecule has 1 aliphatic carbocycles. The lowest BCUT2D eigenvalue weighted by molar-refractivity contribution is -0.146. The maximum atomic E-state index is 13.8. The lowest BCUT2D eigenvalue weighted by atomic mass is 9.78. The van der Waals surface area contributed by atoms with E-state index in [0.717, 1.165) is 44.3 Å². The molecule has 192 valence electrons. The predicted molar refractivity (Wildman–Crippen MR) is 129 cm³/mol.